The molecule has 0 aliphatic carbocycles. The molecule has 0 heterocycles. The van der Waals surface area contributed by atoms with Crippen LogP contribution in [0.4, 0.5) is 0 Å². The van der Waals surface area contributed by atoms with Crippen LogP contribution in [0.1, 0.15) is 20.8 Å². The van der Waals surface area contributed by atoms with Gasteiger partial charge in [-0.3, -0.25) is 0 Å². The summed E-state index contributed by atoms with van der Waals surface area (Å²) < 4.78 is 15.6. The molecule has 0 bridgehead atoms. The van der Waals surface area contributed by atoms with Crippen molar-refractivity contribution in [1.29, 1.82) is 0 Å². The Kier molecular flexibility index (Phi) is 4.93. The van der Waals surface area contributed by atoms with Crippen LogP contribution in [0.15, 0.2) is 12.8 Å². The fraction of sp³-hybridized carbons (Fsp3) is 0.667. The quantitative estimate of drug-likeness (QED) is 0.454. The molecule has 2 unspecified atom stereocenters. The third-order valence-corrected chi connectivity index (χ3v) is 1.12. The molecule has 0 aliphatic heterocycles. The lowest BCUT2D eigenvalue weighted by molar-refractivity contribution is -0.357. The standard InChI is InChI=1S/C9H17O3/c1-6-10-9(5,11-7-2)12-8(3)4/h6,8H,1,3,7H2,2,4-5H3. The van der Waals surface area contributed by atoms with E-state index in [2.05, 4.69) is 13.5 Å². The molecule has 0 aromatic rings. The van der Waals surface area contributed by atoms with Gasteiger partial charge in [0, 0.05) is 6.92 Å². The summed E-state index contributed by atoms with van der Waals surface area (Å²) in [5.74, 6) is -1.06. The lowest BCUT2D eigenvalue weighted by Gasteiger charge is -2.29. The number of hydrogen-bond acceptors (Lipinski definition) is 3. The summed E-state index contributed by atoms with van der Waals surface area (Å²) in [5, 5.41) is 0. The van der Waals surface area contributed by atoms with Gasteiger partial charge in [-0.15, -0.1) is 0 Å². The minimum Gasteiger partial charge on any atom is -0.448 e. The van der Waals surface area contributed by atoms with Gasteiger partial charge in [-0.2, -0.15) is 0 Å². The van der Waals surface area contributed by atoms with Crippen molar-refractivity contribution < 1.29 is 14.2 Å². The van der Waals surface area contributed by atoms with Gasteiger partial charge in [0.05, 0.1) is 19.0 Å². The molecule has 0 spiro atoms. The summed E-state index contributed by atoms with van der Waals surface area (Å²) >= 11 is 0. The number of ether oxygens (including phenoxy) is 3. The molecule has 3 nitrogen and oxygen atoms in total. The first kappa shape index (κ1) is 11.5. The second-order valence-electron chi connectivity index (χ2n) is 2.51. The molecule has 0 N–H and O–H groups in total. The zero-order valence-electron chi connectivity index (χ0n) is 8.00. The molecule has 0 fully saturated rings. The van der Waals surface area contributed by atoms with Crippen LogP contribution < -0.4 is 0 Å². The molecule has 1 radical (unpaired) electrons. The Bertz CT molecular complexity index is 134. The van der Waals surface area contributed by atoms with Crippen molar-refractivity contribution in [1.82, 2.24) is 0 Å². The van der Waals surface area contributed by atoms with Crippen LogP contribution in [0.5, 0.6) is 0 Å². The predicted octanol–water partition coefficient (Wildman–Crippen LogP) is 2.10. The minimum absolute atomic E-state index is 0.193. The zero-order chi connectivity index (χ0) is 9.61. The molecule has 0 aromatic heterocycles. The molecule has 0 aromatic carbocycles. The van der Waals surface area contributed by atoms with Crippen LogP contribution in [0.25, 0.3) is 0 Å². The lowest BCUT2D eigenvalue weighted by Crippen LogP contribution is -2.36. The average Bonchev–Trinajstić information content (AvgIpc) is 1.85. The van der Waals surface area contributed by atoms with Crippen LogP contribution >= 0.6 is 0 Å². The monoisotopic (exact) mass is 173 g/mol. The fourth-order valence-electron chi connectivity index (χ4n) is 0.875. The van der Waals surface area contributed by atoms with E-state index in [1.54, 1.807) is 6.92 Å². The van der Waals surface area contributed by atoms with Crippen LogP contribution in [0, 0.1) is 6.92 Å². The van der Waals surface area contributed by atoms with Gasteiger partial charge >= 0.3 is 5.97 Å². The van der Waals surface area contributed by atoms with Crippen LogP contribution in [-0.4, -0.2) is 18.7 Å². The smallest absolute Gasteiger partial charge is 0.323 e. The Morgan fingerprint density at radius 3 is 2.50 bits per heavy atom. The van der Waals surface area contributed by atoms with Gasteiger partial charge in [-0.25, -0.2) is 0 Å². The highest BCUT2D eigenvalue weighted by atomic mass is 16.9. The average molecular weight is 173 g/mol. The van der Waals surface area contributed by atoms with E-state index in [9.17, 15) is 0 Å². The SMILES string of the molecule is [CH2]C(C)OC(C)(OC=C)OCC. The minimum atomic E-state index is -1.06. The van der Waals surface area contributed by atoms with Crippen LogP contribution in [0.2, 0.25) is 0 Å². The maximum Gasteiger partial charge on any atom is 0.323 e. The van der Waals surface area contributed by atoms with Crippen molar-refractivity contribution in [3.63, 3.8) is 0 Å². The topological polar surface area (TPSA) is 27.7 Å². The van der Waals surface area contributed by atoms with Gasteiger partial charge in [0.1, 0.15) is 0 Å². The first-order chi connectivity index (χ1) is 5.54. The molecule has 71 valence electrons. The van der Waals surface area contributed by atoms with E-state index in [1.165, 1.54) is 6.26 Å². The van der Waals surface area contributed by atoms with E-state index in [0.717, 1.165) is 0 Å². The first-order valence-electron chi connectivity index (χ1n) is 3.97. The fourth-order valence-corrected chi connectivity index (χ4v) is 0.875. The molecule has 0 saturated heterocycles. The Morgan fingerprint density at radius 1 is 1.58 bits per heavy atom. The molecule has 12 heavy (non-hydrogen) atoms. The highest BCUT2D eigenvalue weighted by molar-refractivity contribution is 4.60. The molecular weight excluding hydrogens is 156 g/mol. The number of rotatable bonds is 6. The van der Waals surface area contributed by atoms with Crippen molar-refractivity contribution in [2.24, 2.45) is 0 Å². The molecule has 0 aliphatic rings. The van der Waals surface area contributed by atoms with E-state index < -0.39 is 5.97 Å². The van der Waals surface area contributed by atoms with Gasteiger partial charge in [-0.05, 0) is 20.8 Å². The zero-order valence-corrected chi connectivity index (χ0v) is 8.00. The molecule has 2 atom stereocenters. The maximum absolute atomic E-state index is 5.29. The largest absolute Gasteiger partial charge is 0.448 e. The predicted molar refractivity (Wildman–Crippen MR) is 47.2 cm³/mol. The third kappa shape index (κ3) is 4.36. The van der Waals surface area contributed by atoms with Gasteiger partial charge in [0.25, 0.3) is 0 Å². The van der Waals surface area contributed by atoms with Crippen molar-refractivity contribution >= 4 is 0 Å². The van der Waals surface area contributed by atoms with Gasteiger partial charge in [0.15, 0.2) is 0 Å². The van der Waals surface area contributed by atoms with E-state index in [4.69, 9.17) is 14.2 Å². The molecular formula is C9H17O3. The summed E-state index contributed by atoms with van der Waals surface area (Å²) in [6.45, 7) is 13.0. The second kappa shape index (κ2) is 5.17. The second-order valence-corrected chi connectivity index (χ2v) is 2.51. The van der Waals surface area contributed by atoms with Crippen LogP contribution in [0.3, 0.4) is 0 Å². The van der Waals surface area contributed by atoms with Crippen molar-refractivity contribution in [2.45, 2.75) is 32.8 Å². The van der Waals surface area contributed by atoms with Gasteiger partial charge in [0.2, 0.25) is 0 Å². The van der Waals surface area contributed by atoms with E-state index in [0.29, 0.717) is 6.61 Å². The Labute approximate surface area is 74.3 Å². The maximum atomic E-state index is 5.29. The summed E-state index contributed by atoms with van der Waals surface area (Å²) in [4.78, 5) is 0. The summed E-state index contributed by atoms with van der Waals surface area (Å²) in [6, 6.07) is 0. The van der Waals surface area contributed by atoms with Crippen molar-refractivity contribution in [3.05, 3.63) is 19.8 Å². The number of hydrogen-bond donors (Lipinski definition) is 0. The molecule has 0 rings (SSSR count). The molecule has 0 saturated carbocycles. The van der Waals surface area contributed by atoms with E-state index in [-0.39, 0.29) is 6.10 Å². The lowest BCUT2D eigenvalue weighted by atomic mass is 10.4. The summed E-state index contributed by atoms with van der Waals surface area (Å²) in [5.41, 5.74) is 0. The highest BCUT2D eigenvalue weighted by Gasteiger charge is 2.27. The Hall–Kier alpha value is -0.540. The van der Waals surface area contributed by atoms with E-state index >= 15 is 0 Å². The van der Waals surface area contributed by atoms with Crippen molar-refractivity contribution in [2.75, 3.05) is 6.61 Å². The Balaban J connectivity index is 4.06. The van der Waals surface area contributed by atoms with E-state index in [1.807, 2.05) is 13.8 Å². The molecule has 0 amide bonds. The highest BCUT2D eigenvalue weighted by Crippen LogP contribution is 2.16. The normalized spacial score (nSPS) is 15.8. The van der Waals surface area contributed by atoms with Gasteiger partial charge in [-0.1, -0.05) is 6.58 Å². The molecule has 3 heteroatoms. The summed E-state index contributed by atoms with van der Waals surface area (Å²) in [6.07, 6.45) is 1.10. The van der Waals surface area contributed by atoms with Crippen LogP contribution in [-0.2, 0) is 14.2 Å². The first-order valence-corrected chi connectivity index (χ1v) is 3.97. The third-order valence-electron chi connectivity index (χ3n) is 1.12. The van der Waals surface area contributed by atoms with Crippen molar-refractivity contribution in [3.8, 4) is 0 Å². The van der Waals surface area contributed by atoms with Gasteiger partial charge < -0.3 is 14.2 Å². The summed E-state index contributed by atoms with van der Waals surface area (Å²) in [7, 11) is 0. The Morgan fingerprint density at radius 2 is 2.17 bits per heavy atom.